The van der Waals surface area contributed by atoms with Crippen molar-refractivity contribution in [1.29, 1.82) is 0 Å². The van der Waals surface area contributed by atoms with E-state index in [0.717, 1.165) is 78.5 Å². The largest absolute Gasteiger partial charge is 0.496 e. The number of benzene rings is 2. The van der Waals surface area contributed by atoms with Crippen LogP contribution in [0.5, 0.6) is 17.2 Å². The number of hydrogen-bond acceptors (Lipinski definition) is 10. The molecule has 2 aliphatic heterocycles. The minimum atomic E-state index is -0.637. The van der Waals surface area contributed by atoms with Gasteiger partial charge in [-0.25, -0.2) is 0 Å². The number of rotatable bonds is 14. The third kappa shape index (κ3) is 8.51. The topological polar surface area (TPSA) is 161 Å². The maximum atomic E-state index is 13.2. The highest BCUT2D eigenvalue weighted by Gasteiger charge is 2.39. The monoisotopic (exact) mass is 778 g/mol. The second-order valence-electron chi connectivity index (χ2n) is 15.2. The summed E-state index contributed by atoms with van der Waals surface area (Å²) < 4.78 is 19.5. The Balaban J connectivity index is 0.846. The van der Waals surface area contributed by atoms with Crippen molar-refractivity contribution in [3.05, 3.63) is 82.0 Å². The summed E-state index contributed by atoms with van der Waals surface area (Å²) in [5.74, 6) is 1.03. The van der Waals surface area contributed by atoms with E-state index >= 15 is 0 Å². The van der Waals surface area contributed by atoms with Gasteiger partial charge in [-0.15, -0.1) is 0 Å². The summed E-state index contributed by atoms with van der Waals surface area (Å²) >= 11 is 0. The lowest BCUT2D eigenvalue weighted by Gasteiger charge is -2.30. The molecule has 1 unspecified atom stereocenters. The van der Waals surface area contributed by atoms with Crippen LogP contribution in [0, 0.1) is 0 Å². The maximum Gasteiger partial charge on any atom is 0.259 e. The molecule has 1 atom stereocenters. The highest BCUT2D eigenvalue weighted by molar-refractivity contribution is 6.05. The Labute approximate surface area is 331 Å². The summed E-state index contributed by atoms with van der Waals surface area (Å²) in [5.41, 5.74) is 3.71. The fourth-order valence-electron chi connectivity index (χ4n) is 8.26. The average molecular weight is 779 g/mol. The van der Waals surface area contributed by atoms with Crippen LogP contribution < -0.4 is 30.4 Å². The number of aromatic nitrogens is 2. The predicted molar refractivity (Wildman–Crippen MR) is 213 cm³/mol. The van der Waals surface area contributed by atoms with Gasteiger partial charge in [-0.05, 0) is 104 Å². The normalized spacial score (nSPS) is 19.3. The Morgan fingerprint density at radius 2 is 1.70 bits per heavy atom. The number of piperidine rings is 1. The number of ether oxygens (including phenoxy) is 3. The predicted octanol–water partition coefficient (Wildman–Crippen LogP) is 4.49. The number of carbonyl (C=O) groups excluding carboxylic acids is 4. The summed E-state index contributed by atoms with van der Waals surface area (Å²) in [4.78, 5) is 70.3. The van der Waals surface area contributed by atoms with Crippen LogP contribution in [0.15, 0.2) is 59.8 Å². The number of amides is 4. The molecule has 4 heterocycles. The molecular weight excluding hydrogens is 729 g/mol. The zero-order chi connectivity index (χ0) is 40.2. The summed E-state index contributed by atoms with van der Waals surface area (Å²) in [6, 6.07) is 10.9. The molecule has 4 amide bonds. The summed E-state index contributed by atoms with van der Waals surface area (Å²) in [5, 5.41) is 7.31. The van der Waals surface area contributed by atoms with Crippen molar-refractivity contribution in [2.75, 3.05) is 27.8 Å². The number of fused-ring (bicyclic) bond motifs is 2. The number of hydrogen-bond donors (Lipinski definition) is 2. The van der Waals surface area contributed by atoms with Gasteiger partial charge in [0, 0.05) is 69.2 Å². The van der Waals surface area contributed by atoms with Crippen molar-refractivity contribution >= 4 is 34.4 Å². The van der Waals surface area contributed by atoms with E-state index in [4.69, 9.17) is 14.2 Å². The molecule has 0 radical (unpaired) electrons. The van der Waals surface area contributed by atoms with Crippen LogP contribution in [0.4, 0.5) is 0 Å². The first kappa shape index (κ1) is 39.5. The van der Waals surface area contributed by atoms with Gasteiger partial charge in [0.15, 0.2) is 0 Å². The number of nitrogens with one attached hydrogen (secondary N) is 2. The fraction of sp³-hybridized carbons (Fsp3) is 0.442. The molecule has 2 aromatic heterocycles. The number of pyridine rings is 2. The Bertz CT molecular complexity index is 2220. The molecule has 0 bridgehead atoms. The summed E-state index contributed by atoms with van der Waals surface area (Å²) in [6.07, 6.45) is 11.5. The Kier molecular flexibility index (Phi) is 11.9. The molecule has 1 aliphatic carbocycles. The van der Waals surface area contributed by atoms with Crippen LogP contribution >= 0.6 is 0 Å². The molecule has 2 aromatic carbocycles. The third-order valence-corrected chi connectivity index (χ3v) is 11.4. The Morgan fingerprint density at radius 3 is 2.42 bits per heavy atom. The van der Waals surface area contributed by atoms with Crippen molar-refractivity contribution in [1.82, 2.24) is 30.0 Å². The molecule has 2 fully saturated rings. The zero-order valence-electron chi connectivity index (χ0n) is 33.0. The maximum absolute atomic E-state index is 13.2. The van der Waals surface area contributed by atoms with Gasteiger partial charge in [-0.2, -0.15) is 0 Å². The molecular formula is C43H50N6O8. The van der Waals surface area contributed by atoms with Gasteiger partial charge in [0.1, 0.15) is 23.3 Å². The minimum Gasteiger partial charge on any atom is -0.496 e. The van der Waals surface area contributed by atoms with E-state index < -0.39 is 11.9 Å². The average Bonchev–Trinajstić information content (AvgIpc) is 3.54. The second kappa shape index (κ2) is 17.2. The van der Waals surface area contributed by atoms with Crippen molar-refractivity contribution in [2.45, 2.75) is 89.1 Å². The zero-order valence-corrected chi connectivity index (χ0v) is 33.0. The summed E-state index contributed by atoms with van der Waals surface area (Å²) in [7, 11) is 6.70. The first-order valence-electron chi connectivity index (χ1n) is 19.6. The molecule has 14 heteroatoms. The number of methoxy groups -OCH3 is 2. The van der Waals surface area contributed by atoms with E-state index in [0.29, 0.717) is 54.4 Å². The van der Waals surface area contributed by atoms with Gasteiger partial charge in [0.05, 0.1) is 37.8 Å². The van der Waals surface area contributed by atoms with Crippen LogP contribution in [0.3, 0.4) is 0 Å². The lowest BCUT2D eigenvalue weighted by atomic mass is 9.92. The fourth-order valence-corrected chi connectivity index (χ4v) is 8.26. The third-order valence-electron chi connectivity index (χ3n) is 11.4. The first-order chi connectivity index (χ1) is 27.5. The number of carbonyl (C=O) groups is 4. The molecule has 14 nitrogen and oxygen atoms in total. The highest BCUT2D eigenvalue weighted by atomic mass is 16.5. The number of imide groups is 1. The molecule has 1 saturated carbocycles. The lowest BCUT2D eigenvalue weighted by molar-refractivity contribution is -0.137. The Morgan fingerprint density at radius 1 is 0.947 bits per heavy atom. The van der Waals surface area contributed by atoms with Gasteiger partial charge >= 0.3 is 0 Å². The lowest BCUT2D eigenvalue weighted by Crippen LogP contribution is -2.52. The van der Waals surface area contributed by atoms with E-state index in [1.165, 1.54) is 0 Å². The first-order valence-corrected chi connectivity index (χ1v) is 19.6. The molecule has 3 aliphatic rings. The van der Waals surface area contributed by atoms with Gasteiger partial charge in [-0.3, -0.25) is 34.3 Å². The SMILES string of the molecule is COc1cc(-c2cn(C)c(=O)c3cnccc23)cc(OC)c1CN(C)C(=O)CCCCNC1CCC(Oc2ccc3c(c2)CN(C2CCC(=O)NC2=O)C3=O)CC1. The summed E-state index contributed by atoms with van der Waals surface area (Å²) in [6.45, 7) is 1.47. The number of aryl methyl sites for hydroxylation is 1. The smallest absolute Gasteiger partial charge is 0.259 e. The Hall–Kier alpha value is -5.76. The molecule has 0 spiro atoms. The van der Waals surface area contributed by atoms with Crippen LogP contribution in [0.1, 0.15) is 79.3 Å². The van der Waals surface area contributed by atoms with E-state index in [9.17, 15) is 24.0 Å². The van der Waals surface area contributed by atoms with Crippen LogP contribution in [-0.4, -0.2) is 89.0 Å². The van der Waals surface area contributed by atoms with Crippen molar-refractivity contribution in [3.8, 4) is 28.4 Å². The van der Waals surface area contributed by atoms with Gasteiger partial charge in [0.2, 0.25) is 17.7 Å². The van der Waals surface area contributed by atoms with Crippen LogP contribution in [-0.2, 0) is 34.5 Å². The number of unbranched alkanes of at least 4 members (excludes halogenated alkanes) is 1. The van der Waals surface area contributed by atoms with Crippen LogP contribution in [0.25, 0.3) is 21.9 Å². The van der Waals surface area contributed by atoms with E-state index in [2.05, 4.69) is 15.6 Å². The van der Waals surface area contributed by atoms with Gasteiger partial charge < -0.3 is 33.9 Å². The quantitative estimate of drug-likeness (QED) is 0.138. The van der Waals surface area contributed by atoms with E-state index in [1.54, 1.807) is 67.3 Å². The van der Waals surface area contributed by atoms with E-state index in [-0.39, 0.29) is 35.8 Å². The van der Waals surface area contributed by atoms with Crippen LogP contribution in [0.2, 0.25) is 0 Å². The van der Waals surface area contributed by atoms with Crippen molar-refractivity contribution in [3.63, 3.8) is 0 Å². The molecule has 7 rings (SSSR count). The molecule has 4 aromatic rings. The van der Waals surface area contributed by atoms with Gasteiger partial charge in [0.25, 0.3) is 11.5 Å². The van der Waals surface area contributed by atoms with Crippen molar-refractivity contribution in [2.24, 2.45) is 7.05 Å². The highest BCUT2D eigenvalue weighted by Crippen LogP contribution is 2.38. The second-order valence-corrected chi connectivity index (χ2v) is 15.2. The standard InChI is InChI=1S/C43H50N6O8/c1-47(25-35-37(55-3)20-26(21-38(35)56-4)34-24-48(2)42(53)33-22-44-18-16-32(33)34)40(51)7-5-6-17-45-28-8-10-29(11-9-28)57-30-12-13-31-27(19-30)23-49(43(31)54)36-14-15-39(50)46-41(36)52/h12-13,16,18-22,24,28-29,36,45H,5-11,14-15,17,23,25H2,1-4H3,(H,46,50,52). The molecule has 57 heavy (non-hydrogen) atoms. The molecule has 1 saturated heterocycles. The molecule has 300 valence electrons. The molecule has 2 N–H and O–H groups in total. The van der Waals surface area contributed by atoms with E-state index in [1.807, 2.05) is 30.3 Å². The number of nitrogens with zero attached hydrogens (tertiary/aromatic N) is 4. The van der Waals surface area contributed by atoms with Gasteiger partial charge in [-0.1, -0.05) is 0 Å². The minimum absolute atomic E-state index is 0.0389. The van der Waals surface area contributed by atoms with Crippen molar-refractivity contribution < 1.29 is 33.4 Å².